The summed E-state index contributed by atoms with van der Waals surface area (Å²) in [6.45, 7) is -1.50. The molecule has 5 N–H and O–H groups in total. The summed E-state index contributed by atoms with van der Waals surface area (Å²) in [5.41, 5.74) is 4.86. The van der Waals surface area contributed by atoms with E-state index < -0.39 is 42.9 Å². The molecule has 0 spiro atoms. The summed E-state index contributed by atoms with van der Waals surface area (Å²) >= 11 is 0. The molecule has 9 nitrogen and oxygen atoms in total. The molecule has 0 unspecified atom stereocenters. The molecule has 0 aliphatic rings. The fourth-order valence-electron chi connectivity index (χ4n) is 1.36. The first-order valence-electron chi connectivity index (χ1n) is 4.92. The number of hydrogen-bond donors (Lipinski definition) is 4. The van der Waals surface area contributed by atoms with E-state index in [2.05, 4.69) is 0 Å². The van der Waals surface area contributed by atoms with E-state index >= 15 is 0 Å². The van der Waals surface area contributed by atoms with Crippen molar-refractivity contribution in [1.82, 2.24) is 4.90 Å². The summed E-state index contributed by atoms with van der Waals surface area (Å²) in [6, 6.07) is -1.38. The minimum absolute atomic E-state index is 0. The molecule has 0 aromatic rings. The molecule has 0 aromatic carbocycles. The molecule has 0 aromatic heterocycles. The third-order valence-electron chi connectivity index (χ3n) is 2.07. The van der Waals surface area contributed by atoms with Gasteiger partial charge in [-0.15, -0.1) is 0 Å². The molecule has 1 amide bonds. The number of carboxylic acid groups (broad SMARTS) is 3. The summed E-state index contributed by atoms with van der Waals surface area (Å²) in [5.74, 6) is -4.87. The molecule has 0 saturated carbocycles. The van der Waals surface area contributed by atoms with Gasteiger partial charge in [0.25, 0.3) is 0 Å². The van der Waals surface area contributed by atoms with Crippen molar-refractivity contribution in [3.63, 3.8) is 0 Å². The molecule has 21 heavy (non-hydrogen) atoms. The van der Waals surface area contributed by atoms with Crippen molar-refractivity contribution in [2.24, 2.45) is 5.73 Å². The maximum atomic E-state index is 10.9. The van der Waals surface area contributed by atoms with Gasteiger partial charge in [0, 0.05) is 6.42 Å². The van der Waals surface area contributed by atoms with Gasteiger partial charge in [0.2, 0.25) is 5.91 Å². The van der Waals surface area contributed by atoms with E-state index in [-0.39, 0.29) is 106 Å². The topological polar surface area (TPSA) is 158 Å². The van der Waals surface area contributed by atoms with Crippen LogP contribution in [0.3, 0.4) is 0 Å². The number of rotatable bonds is 9. The third-order valence-corrected chi connectivity index (χ3v) is 2.07. The fourth-order valence-corrected chi connectivity index (χ4v) is 1.36. The van der Waals surface area contributed by atoms with Crippen molar-refractivity contribution in [2.75, 3.05) is 13.1 Å². The molecule has 0 fully saturated rings. The van der Waals surface area contributed by atoms with Gasteiger partial charge >= 0.3 is 107 Å². The van der Waals surface area contributed by atoms with Crippen LogP contribution in [0.15, 0.2) is 0 Å². The van der Waals surface area contributed by atoms with E-state index in [4.69, 9.17) is 21.1 Å². The standard InChI is InChI=1S/C9H14N2O7.3Na.3H/c10-6(12)2-1-5(9(17)18)11(3-7(13)14)4-8(15)16;;;;;;/h5H,1-4H2,(H2,10,12)(H,13,14)(H,15,16)(H,17,18);;;;;;/q;3*+1;3*-1/t5-;;;;;;/m0....../s1. The Hall–Kier alpha value is 0.840. The van der Waals surface area contributed by atoms with Crippen LogP contribution in [0.5, 0.6) is 0 Å². The molecular formula is C9H17N2Na3O7. The van der Waals surface area contributed by atoms with Crippen LogP contribution in [-0.4, -0.2) is 63.2 Å². The maximum absolute atomic E-state index is 10.9. The first kappa shape index (κ1) is 29.8. The quantitative estimate of drug-likeness (QED) is 0.303. The number of aliphatic carboxylic acids is 3. The van der Waals surface area contributed by atoms with Crippen LogP contribution in [-0.2, 0) is 19.2 Å². The van der Waals surface area contributed by atoms with Gasteiger partial charge in [0.15, 0.2) is 0 Å². The van der Waals surface area contributed by atoms with E-state index in [0.29, 0.717) is 0 Å². The van der Waals surface area contributed by atoms with Gasteiger partial charge in [-0.2, -0.15) is 0 Å². The first-order chi connectivity index (χ1) is 8.23. The summed E-state index contributed by atoms with van der Waals surface area (Å²) in [5, 5.41) is 26.1. The zero-order chi connectivity index (χ0) is 14.3. The minimum atomic E-state index is -1.40. The van der Waals surface area contributed by atoms with Gasteiger partial charge in [0.05, 0.1) is 13.1 Å². The van der Waals surface area contributed by atoms with E-state index in [1.807, 2.05) is 0 Å². The molecule has 0 saturated heterocycles. The molecule has 0 rings (SSSR count). The molecule has 0 bridgehead atoms. The van der Waals surface area contributed by atoms with Crippen LogP contribution in [0.1, 0.15) is 17.1 Å². The Labute approximate surface area is 191 Å². The van der Waals surface area contributed by atoms with Crippen molar-refractivity contribution in [2.45, 2.75) is 18.9 Å². The summed E-state index contributed by atoms with van der Waals surface area (Å²) in [4.78, 5) is 43.3. The number of carbonyl (C=O) groups excluding carboxylic acids is 1. The Kier molecular flexibility index (Phi) is 22.3. The molecule has 0 aliphatic heterocycles. The van der Waals surface area contributed by atoms with Gasteiger partial charge in [-0.05, 0) is 6.42 Å². The first-order valence-corrected chi connectivity index (χ1v) is 4.92. The Morgan fingerprint density at radius 3 is 1.57 bits per heavy atom. The Morgan fingerprint density at radius 1 is 0.952 bits per heavy atom. The second-order valence-corrected chi connectivity index (χ2v) is 3.55. The van der Waals surface area contributed by atoms with Crippen LogP contribution in [0, 0.1) is 0 Å². The minimum Gasteiger partial charge on any atom is -1.00 e. The van der Waals surface area contributed by atoms with Crippen LogP contribution in [0.25, 0.3) is 0 Å². The average molecular weight is 334 g/mol. The predicted molar refractivity (Wildman–Crippen MR) is 60.0 cm³/mol. The van der Waals surface area contributed by atoms with E-state index in [0.717, 1.165) is 4.90 Å². The number of hydrogen-bond acceptors (Lipinski definition) is 5. The molecule has 0 radical (unpaired) electrons. The van der Waals surface area contributed by atoms with Crippen molar-refractivity contribution >= 4 is 23.8 Å². The number of nitrogens with zero attached hydrogens (tertiary/aromatic N) is 1. The third kappa shape index (κ3) is 15.5. The Bertz CT molecular complexity index is 364. The van der Waals surface area contributed by atoms with Crippen LogP contribution in [0.4, 0.5) is 0 Å². The largest absolute Gasteiger partial charge is 1.00 e. The number of amides is 1. The van der Waals surface area contributed by atoms with Gasteiger partial charge in [-0.25, -0.2) is 0 Å². The average Bonchev–Trinajstić information content (AvgIpc) is 2.14. The van der Waals surface area contributed by atoms with Gasteiger partial charge < -0.3 is 25.3 Å². The summed E-state index contributed by atoms with van der Waals surface area (Å²) in [7, 11) is 0. The summed E-state index contributed by atoms with van der Waals surface area (Å²) < 4.78 is 0. The molecular weight excluding hydrogens is 317 g/mol. The normalized spacial score (nSPS) is 10.3. The Balaban J connectivity index is -0.0000000963. The molecule has 0 heterocycles. The molecule has 1 atom stereocenters. The molecule has 0 aliphatic carbocycles. The molecule has 108 valence electrons. The van der Waals surface area contributed by atoms with E-state index in [9.17, 15) is 19.2 Å². The summed E-state index contributed by atoms with van der Waals surface area (Å²) in [6.07, 6.45) is -0.516. The van der Waals surface area contributed by atoms with Crippen molar-refractivity contribution in [3.8, 4) is 0 Å². The van der Waals surface area contributed by atoms with Crippen LogP contribution < -0.4 is 94.4 Å². The number of carboxylic acids is 3. The maximum Gasteiger partial charge on any atom is 1.00 e. The zero-order valence-corrected chi connectivity index (χ0v) is 18.4. The second kappa shape index (κ2) is 15.7. The Morgan fingerprint density at radius 2 is 1.33 bits per heavy atom. The van der Waals surface area contributed by atoms with Crippen LogP contribution >= 0.6 is 0 Å². The van der Waals surface area contributed by atoms with Crippen LogP contribution in [0.2, 0.25) is 0 Å². The van der Waals surface area contributed by atoms with Crippen molar-refractivity contribution < 1.29 is 127 Å². The fraction of sp³-hybridized carbons (Fsp3) is 0.556. The smallest absolute Gasteiger partial charge is 1.00 e. The SMILES string of the molecule is NC(=O)CC[C@@H](C(=O)O)N(CC(=O)O)CC(=O)O.[H-].[H-].[H-].[Na+].[Na+].[Na+]. The van der Waals surface area contributed by atoms with E-state index in [1.54, 1.807) is 0 Å². The van der Waals surface area contributed by atoms with Gasteiger partial charge in [-0.1, -0.05) is 0 Å². The predicted octanol–water partition coefficient (Wildman–Crippen LogP) is -10.5. The monoisotopic (exact) mass is 334 g/mol. The van der Waals surface area contributed by atoms with Gasteiger partial charge in [-0.3, -0.25) is 24.1 Å². The number of primary amides is 1. The van der Waals surface area contributed by atoms with Crippen molar-refractivity contribution in [3.05, 3.63) is 0 Å². The van der Waals surface area contributed by atoms with Gasteiger partial charge in [0.1, 0.15) is 6.04 Å². The second-order valence-electron chi connectivity index (χ2n) is 3.55. The van der Waals surface area contributed by atoms with E-state index in [1.165, 1.54) is 0 Å². The molecule has 12 heteroatoms. The number of carbonyl (C=O) groups is 4. The zero-order valence-electron chi connectivity index (χ0n) is 15.4. The van der Waals surface area contributed by atoms with Crippen molar-refractivity contribution in [1.29, 1.82) is 0 Å². The number of nitrogens with two attached hydrogens (primary N) is 1.